The molecule has 0 saturated heterocycles. The van der Waals surface area contributed by atoms with Crippen LogP contribution < -0.4 is 5.32 Å². The summed E-state index contributed by atoms with van der Waals surface area (Å²) in [5, 5.41) is 14.2. The summed E-state index contributed by atoms with van der Waals surface area (Å²) >= 11 is 0. The zero-order valence-electron chi connectivity index (χ0n) is 14.0. The van der Waals surface area contributed by atoms with Gasteiger partial charge in [-0.25, -0.2) is 0 Å². The average Bonchev–Trinajstić information content (AvgIpc) is 2.70. The van der Waals surface area contributed by atoms with Gasteiger partial charge in [-0.2, -0.15) is 0 Å². The Hall–Kier alpha value is -2.37. The number of carbonyl (C=O) groups excluding carboxylic acids is 1. The number of hydrogen-bond donors (Lipinski definition) is 1. The monoisotopic (exact) mass is 317 g/mol. The van der Waals surface area contributed by atoms with Crippen LogP contribution in [-0.4, -0.2) is 28.4 Å². The molecule has 1 N–H and O–H groups in total. The van der Waals surface area contributed by atoms with E-state index in [1.807, 2.05) is 18.7 Å². The van der Waals surface area contributed by atoms with Crippen LogP contribution >= 0.6 is 0 Å². The molecule has 1 atom stereocenters. The third-order valence-electron chi connectivity index (χ3n) is 4.20. The summed E-state index contributed by atoms with van der Waals surface area (Å²) in [5.41, 5.74) is 2.38. The minimum Gasteiger partial charge on any atom is -0.361 e. The van der Waals surface area contributed by atoms with E-state index in [4.69, 9.17) is 0 Å². The fourth-order valence-electron chi connectivity index (χ4n) is 2.62. The van der Waals surface area contributed by atoms with Crippen molar-refractivity contribution in [1.82, 2.24) is 4.90 Å². The van der Waals surface area contributed by atoms with Crippen LogP contribution in [0.15, 0.2) is 35.4 Å². The quantitative estimate of drug-likeness (QED) is 0.643. The number of hydrogen-bond acceptors (Lipinski definition) is 4. The van der Waals surface area contributed by atoms with E-state index in [2.05, 4.69) is 19.2 Å². The highest BCUT2D eigenvalue weighted by atomic mass is 16.6. The Bertz CT molecular complexity index is 652. The number of rotatable bonds is 6. The highest BCUT2D eigenvalue weighted by Crippen LogP contribution is 2.28. The van der Waals surface area contributed by atoms with Crippen molar-refractivity contribution in [3.8, 4) is 0 Å². The first-order valence-corrected chi connectivity index (χ1v) is 7.80. The highest BCUT2D eigenvalue weighted by molar-refractivity contribution is 5.97. The molecule has 0 spiro atoms. The molecule has 2 rings (SSSR count). The summed E-state index contributed by atoms with van der Waals surface area (Å²) < 4.78 is 0. The van der Waals surface area contributed by atoms with Gasteiger partial charge >= 0.3 is 0 Å². The first kappa shape index (κ1) is 17.0. The van der Waals surface area contributed by atoms with Crippen LogP contribution in [0.3, 0.4) is 0 Å². The zero-order chi connectivity index (χ0) is 17.1. The molecule has 124 valence electrons. The number of nitrogens with zero attached hydrogens (tertiary/aromatic N) is 2. The van der Waals surface area contributed by atoms with Crippen LogP contribution in [0, 0.1) is 16.0 Å². The van der Waals surface area contributed by atoms with Crippen LogP contribution in [0.1, 0.15) is 34.1 Å². The Kier molecular flexibility index (Phi) is 5.03. The van der Waals surface area contributed by atoms with Gasteiger partial charge < -0.3 is 10.2 Å². The molecule has 1 aliphatic rings. The van der Waals surface area contributed by atoms with E-state index >= 15 is 0 Å². The van der Waals surface area contributed by atoms with Gasteiger partial charge in [0.1, 0.15) is 6.17 Å². The number of carbonyl (C=O) groups is 1. The number of nitro benzene ring substituents is 1. The zero-order valence-corrected chi connectivity index (χ0v) is 14.0. The summed E-state index contributed by atoms with van der Waals surface area (Å²) in [6, 6.07) is 6.36. The maximum absolute atomic E-state index is 12.4. The van der Waals surface area contributed by atoms with Gasteiger partial charge in [0, 0.05) is 29.9 Å². The third kappa shape index (κ3) is 3.70. The Balaban J connectivity index is 2.22. The lowest BCUT2D eigenvalue weighted by Crippen LogP contribution is -2.41. The first-order chi connectivity index (χ1) is 10.8. The molecule has 1 aromatic carbocycles. The van der Waals surface area contributed by atoms with Crippen LogP contribution in [0.4, 0.5) is 11.4 Å². The van der Waals surface area contributed by atoms with Gasteiger partial charge in [0.2, 0.25) is 0 Å². The molecule has 6 nitrogen and oxygen atoms in total. The largest absolute Gasteiger partial charge is 0.361 e. The van der Waals surface area contributed by atoms with Gasteiger partial charge in [-0.05, 0) is 37.8 Å². The second kappa shape index (κ2) is 6.81. The van der Waals surface area contributed by atoms with Crippen LogP contribution in [0.25, 0.3) is 0 Å². The molecule has 0 fully saturated rings. The van der Waals surface area contributed by atoms with Crippen molar-refractivity contribution in [2.45, 2.75) is 40.3 Å². The predicted molar refractivity (Wildman–Crippen MR) is 90.0 cm³/mol. The molecular formula is C17H23N3O3. The topological polar surface area (TPSA) is 75.5 Å². The smallest absolute Gasteiger partial charge is 0.271 e. The molecular weight excluding hydrogens is 294 g/mol. The minimum atomic E-state index is -0.421. The maximum atomic E-state index is 12.4. The molecule has 0 radical (unpaired) electrons. The Morgan fingerprint density at radius 1 is 1.35 bits per heavy atom. The lowest BCUT2D eigenvalue weighted by atomic mass is 10.1. The Morgan fingerprint density at radius 3 is 2.65 bits per heavy atom. The van der Waals surface area contributed by atoms with Gasteiger partial charge in [-0.15, -0.1) is 0 Å². The summed E-state index contributed by atoms with van der Waals surface area (Å²) in [4.78, 5) is 24.7. The number of non-ortho nitro benzene ring substituents is 1. The Labute approximate surface area is 136 Å². The van der Waals surface area contributed by atoms with Crippen LogP contribution in [-0.2, 0) is 4.79 Å². The third-order valence-corrected chi connectivity index (χ3v) is 4.20. The Morgan fingerprint density at radius 2 is 2.04 bits per heavy atom. The van der Waals surface area contributed by atoms with E-state index in [0.29, 0.717) is 18.2 Å². The summed E-state index contributed by atoms with van der Waals surface area (Å²) in [7, 11) is 0. The molecule has 1 aliphatic heterocycles. The minimum absolute atomic E-state index is 0.0334. The van der Waals surface area contributed by atoms with Crippen LogP contribution in [0.5, 0.6) is 0 Å². The number of anilines is 1. The second-order valence-corrected chi connectivity index (χ2v) is 6.34. The number of benzene rings is 1. The summed E-state index contributed by atoms with van der Waals surface area (Å²) in [6.45, 7) is 8.66. The van der Waals surface area contributed by atoms with Crippen molar-refractivity contribution in [2.24, 2.45) is 5.92 Å². The summed E-state index contributed by atoms with van der Waals surface area (Å²) in [6.07, 6.45) is 0.669. The molecule has 0 unspecified atom stereocenters. The fraction of sp³-hybridized carbons (Fsp3) is 0.471. The van der Waals surface area contributed by atoms with E-state index < -0.39 is 4.92 Å². The number of nitro groups is 1. The number of amides is 1. The molecule has 1 aromatic rings. The van der Waals surface area contributed by atoms with Gasteiger partial charge in [0.15, 0.2) is 0 Å². The normalized spacial score (nSPS) is 18.0. The predicted octanol–water partition coefficient (Wildman–Crippen LogP) is 3.56. The standard InChI is InChI=1S/C17H23N3O3/c1-11(2)8-9-19-16(12(3)13(4)17(19)21)18-14-6-5-7-15(10-14)20(22)23/h5-7,10-11,16,18H,8-9H2,1-4H3/t16-/m1/s1. The van der Waals surface area contributed by atoms with Crippen molar-refractivity contribution in [1.29, 1.82) is 0 Å². The fourth-order valence-corrected chi connectivity index (χ4v) is 2.62. The molecule has 0 bridgehead atoms. The van der Waals surface area contributed by atoms with Crippen molar-refractivity contribution in [3.63, 3.8) is 0 Å². The van der Waals surface area contributed by atoms with Gasteiger partial charge in [-0.1, -0.05) is 19.9 Å². The second-order valence-electron chi connectivity index (χ2n) is 6.34. The first-order valence-electron chi connectivity index (χ1n) is 7.80. The molecule has 23 heavy (non-hydrogen) atoms. The van der Waals surface area contributed by atoms with E-state index in [9.17, 15) is 14.9 Å². The van der Waals surface area contributed by atoms with E-state index in [0.717, 1.165) is 17.6 Å². The number of nitrogens with one attached hydrogen (secondary N) is 1. The highest BCUT2D eigenvalue weighted by Gasteiger charge is 2.34. The van der Waals surface area contributed by atoms with E-state index in [-0.39, 0.29) is 17.8 Å². The van der Waals surface area contributed by atoms with Gasteiger partial charge in [0.25, 0.3) is 11.6 Å². The summed E-state index contributed by atoms with van der Waals surface area (Å²) in [5.74, 6) is 0.536. The van der Waals surface area contributed by atoms with E-state index in [1.165, 1.54) is 12.1 Å². The maximum Gasteiger partial charge on any atom is 0.271 e. The molecule has 1 heterocycles. The lowest BCUT2D eigenvalue weighted by Gasteiger charge is -2.28. The van der Waals surface area contributed by atoms with Crippen molar-refractivity contribution in [2.75, 3.05) is 11.9 Å². The van der Waals surface area contributed by atoms with Gasteiger partial charge in [-0.3, -0.25) is 14.9 Å². The lowest BCUT2D eigenvalue weighted by molar-refractivity contribution is -0.384. The van der Waals surface area contributed by atoms with Crippen molar-refractivity contribution in [3.05, 3.63) is 45.5 Å². The van der Waals surface area contributed by atoms with Crippen molar-refractivity contribution >= 4 is 17.3 Å². The SMILES string of the molecule is CC1=C(C)[C@H](Nc2cccc([N+](=O)[O-])c2)N(CCC(C)C)C1=O. The van der Waals surface area contributed by atoms with Crippen LogP contribution in [0.2, 0.25) is 0 Å². The van der Waals surface area contributed by atoms with Gasteiger partial charge in [0.05, 0.1) is 4.92 Å². The molecule has 0 aromatic heterocycles. The average molecular weight is 317 g/mol. The molecule has 0 aliphatic carbocycles. The molecule has 0 saturated carbocycles. The molecule has 6 heteroatoms. The molecule has 1 amide bonds. The van der Waals surface area contributed by atoms with E-state index in [1.54, 1.807) is 12.1 Å². The van der Waals surface area contributed by atoms with Crippen molar-refractivity contribution < 1.29 is 9.72 Å².